The molecule has 0 atom stereocenters. The Morgan fingerprint density at radius 2 is 2.07 bits per heavy atom. The van der Waals surface area contributed by atoms with Crippen LogP contribution in [0.5, 0.6) is 5.75 Å². The molecule has 0 saturated carbocycles. The molecule has 0 aliphatic heterocycles. The van der Waals surface area contributed by atoms with Gasteiger partial charge in [0.1, 0.15) is 12.3 Å². The van der Waals surface area contributed by atoms with E-state index in [0.29, 0.717) is 11.4 Å². The second-order valence-corrected chi connectivity index (χ2v) is 6.42. The fourth-order valence-electron chi connectivity index (χ4n) is 2.67. The molecule has 1 N–H and O–H groups in total. The minimum absolute atomic E-state index is 0.135. The molecule has 0 aliphatic carbocycles. The summed E-state index contributed by atoms with van der Waals surface area (Å²) < 4.78 is 8.58. The number of nitrogens with zero attached hydrogens (tertiary/aromatic N) is 5. The minimum atomic E-state index is -0.596. The first-order valence-electron chi connectivity index (χ1n) is 8.53. The molecule has 1 aromatic carbocycles. The lowest BCUT2D eigenvalue weighted by Crippen LogP contribution is -2.20. The zero-order chi connectivity index (χ0) is 20.3. The molecular formula is C18H20N6O4. The SMILES string of the molecule is Cc1ccc(OCn2cc(NC(=O)Cn3nc([N+](=O)[O-])cc3C)cn2)c(C)c1. The Hall–Kier alpha value is -3.69. The molecule has 0 spiro atoms. The van der Waals surface area contributed by atoms with Crippen LogP contribution in [0.4, 0.5) is 11.5 Å². The second-order valence-electron chi connectivity index (χ2n) is 6.42. The maximum absolute atomic E-state index is 12.2. The van der Waals surface area contributed by atoms with E-state index in [1.165, 1.54) is 16.9 Å². The highest BCUT2D eigenvalue weighted by atomic mass is 16.6. The third-order valence-electron chi connectivity index (χ3n) is 4.05. The van der Waals surface area contributed by atoms with Crippen LogP contribution in [-0.2, 0) is 18.1 Å². The van der Waals surface area contributed by atoms with E-state index in [1.807, 2.05) is 32.0 Å². The maximum atomic E-state index is 12.2. The van der Waals surface area contributed by atoms with E-state index in [2.05, 4.69) is 15.5 Å². The van der Waals surface area contributed by atoms with Crippen molar-refractivity contribution in [2.75, 3.05) is 5.32 Å². The van der Waals surface area contributed by atoms with E-state index < -0.39 is 4.92 Å². The molecule has 3 aromatic rings. The molecule has 10 nitrogen and oxygen atoms in total. The van der Waals surface area contributed by atoms with Gasteiger partial charge in [-0.3, -0.25) is 4.79 Å². The molecule has 28 heavy (non-hydrogen) atoms. The molecule has 0 radical (unpaired) electrons. The van der Waals surface area contributed by atoms with Crippen molar-refractivity contribution in [1.29, 1.82) is 0 Å². The van der Waals surface area contributed by atoms with Crippen LogP contribution in [0.2, 0.25) is 0 Å². The Morgan fingerprint density at radius 1 is 1.29 bits per heavy atom. The van der Waals surface area contributed by atoms with Crippen molar-refractivity contribution in [3.8, 4) is 5.75 Å². The number of hydrogen-bond acceptors (Lipinski definition) is 6. The lowest BCUT2D eigenvalue weighted by atomic mass is 10.1. The first-order valence-corrected chi connectivity index (χ1v) is 8.53. The number of rotatable bonds is 7. The van der Waals surface area contributed by atoms with Crippen molar-refractivity contribution in [3.05, 3.63) is 63.6 Å². The van der Waals surface area contributed by atoms with E-state index >= 15 is 0 Å². The average Bonchev–Trinajstić information content (AvgIpc) is 3.21. The Balaban J connectivity index is 1.56. The summed E-state index contributed by atoms with van der Waals surface area (Å²) in [7, 11) is 0. The average molecular weight is 384 g/mol. The van der Waals surface area contributed by atoms with Gasteiger partial charge in [0.05, 0.1) is 34.9 Å². The summed E-state index contributed by atoms with van der Waals surface area (Å²) in [5.41, 5.74) is 3.21. The number of aryl methyl sites for hydroxylation is 3. The van der Waals surface area contributed by atoms with Gasteiger partial charge in [-0.25, -0.2) is 4.68 Å². The Bertz CT molecular complexity index is 1020. The second kappa shape index (κ2) is 7.91. The molecule has 1 amide bonds. The molecule has 10 heteroatoms. The molecule has 146 valence electrons. The normalized spacial score (nSPS) is 10.7. The van der Waals surface area contributed by atoms with Crippen LogP contribution in [0.1, 0.15) is 16.8 Å². The number of amides is 1. The standard InChI is InChI=1S/C18H20N6O4/c1-12-4-5-16(13(2)6-12)28-11-22-9-15(8-19-22)20-18(25)10-23-14(3)7-17(21-23)24(26)27/h4-9H,10-11H2,1-3H3,(H,20,25). The van der Waals surface area contributed by atoms with E-state index in [9.17, 15) is 14.9 Å². The van der Waals surface area contributed by atoms with Crippen molar-refractivity contribution in [3.63, 3.8) is 0 Å². The molecule has 0 fully saturated rings. The lowest BCUT2D eigenvalue weighted by molar-refractivity contribution is -0.389. The number of carbonyl (C=O) groups excluding carboxylic acids is 1. The third-order valence-corrected chi connectivity index (χ3v) is 4.05. The number of benzene rings is 1. The molecule has 0 bridgehead atoms. The zero-order valence-electron chi connectivity index (χ0n) is 15.7. The van der Waals surface area contributed by atoms with Gasteiger partial charge in [0.2, 0.25) is 5.91 Å². The van der Waals surface area contributed by atoms with E-state index in [4.69, 9.17) is 4.74 Å². The summed E-state index contributed by atoms with van der Waals surface area (Å²) in [4.78, 5) is 22.3. The Labute approximate surface area is 160 Å². The summed E-state index contributed by atoms with van der Waals surface area (Å²) in [6.07, 6.45) is 3.14. The van der Waals surface area contributed by atoms with Crippen molar-refractivity contribution < 1.29 is 14.5 Å². The Kier molecular flexibility index (Phi) is 5.39. The van der Waals surface area contributed by atoms with Gasteiger partial charge >= 0.3 is 5.82 Å². The monoisotopic (exact) mass is 384 g/mol. The topological polar surface area (TPSA) is 117 Å². The molecule has 0 aliphatic rings. The van der Waals surface area contributed by atoms with Crippen LogP contribution in [0.15, 0.2) is 36.7 Å². The molecule has 0 saturated heterocycles. The quantitative estimate of drug-likeness (QED) is 0.494. The highest BCUT2D eigenvalue weighted by Gasteiger charge is 2.17. The lowest BCUT2D eigenvalue weighted by Gasteiger charge is -2.09. The molecule has 3 rings (SSSR count). The van der Waals surface area contributed by atoms with Crippen molar-refractivity contribution >= 4 is 17.4 Å². The van der Waals surface area contributed by atoms with Crippen LogP contribution in [0.3, 0.4) is 0 Å². The van der Waals surface area contributed by atoms with Gasteiger partial charge < -0.3 is 20.2 Å². The number of aromatic nitrogens is 4. The van der Waals surface area contributed by atoms with Gasteiger partial charge in [0.25, 0.3) is 0 Å². The van der Waals surface area contributed by atoms with Gasteiger partial charge in [0.15, 0.2) is 6.73 Å². The smallest absolute Gasteiger partial charge is 0.390 e. The Morgan fingerprint density at radius 3 is 2.75 bits per heavy atom. The predicted molar refractivity (Wildman–Crippen MR) is 101 cm³/mol. The van der Waals surface area contributed by atoms with Gasteiger partial charge in [-0.2, -0.15) is 9.78 Å². The highest BCUT2D eigenvalue weighted by Crippen LogP contribution is 2.19. The zero-order valence-corrected chi connectivity index (χ0v) is 15.7. The fourth-order valence-corrected chi connectivity index (χ4v) is 2.67. The van der Waals surface area contributed by atoms with Gasteiger partial charge in [-0.05, 0) is 37.3 Å². The summed E-state index contributed by atoms with van der Waals surface area (Å²) in [5, 5.41) is 21.4. The van der Waals surface area contributed by atoms with Crippen LogP contribution < -0.4 is 10.1 Å². The van der Waals surface area contributed by atoms with Gasteiger partial charge in [0, 0.05) is 0 Å². The molecular weight excluding hydrogens is 364 g/mol. The summed E-state index contributed by atoms with van der Waals surface area (Å²) >= 11 is 0. The summed E-state index contributed by atoms with van der Waals surface area (Å²) in [5.74, 6) is 0.111. The molecule has 0 unspecified atom stereocenters. The van der Waals surface area contributed by atoms with Gasteiger partial charge in [-0.15, -0.1) is 0 Å². The summed E-state index contributed by atoms with van der Waals surface area (Å²) in [6, 6.07) is 7.22. The number of nitrogens with one attached hydrogen (secondary N) is 1. The maximum Gasteiger partial charge on any atom is 0.390 e. The van der Waals surface area contributed by atoms with Crippen LogP contribution >= 0.6 is 0 Å². The third kappa shape index (κ3) is 4.53. The largest absolute Gasteiger partial charge is 0.471 e. The van der Waals surface area contributed by atoms with Crippen LogP contribution in [0.25, 0.3) is 0 Å². The molecule has 2 heterocycles. The number of carbonyl (C=O) groups is 1. The number of ether oxygens (including phenoxy) is 1. The number of anilines is 1. The minimum Gasteiger partial charge on any atom is -0.471 e. The first-order chi connectivity index (χ1) is 13.3. The first kappa shape index (κ1) is 19.1. The van der Waals surface area contributed by atoms with Crippen LogP contribution in [0, 0.1) is 30.9 Å². The highest BCUT2D eigenvalue weighted by molar-refractivity contribution is 5.90. The van der Waals surface area contributed by atoms with E-state index in [0.717, 1.165) is 16.9 Å². The number of hydrogen-bond donors (Lipinski definition) is 1. The van der Waals surface area contributed by atoms with Crippen molar-refractivity contribution in [1.82, 2.24) is 19.6 Å². The number of nitro groups is 1. The fraction of sp³-hybridized carbons (Fsp3) is 0.278. The van der Waals surface area contributed by atoms with E-state index in [1.54, 1.807) is 17.8 Å². The predicted octanol–water partition coefficient (Wildman–Crippen LogP) is 2.59. The van der Waals surface area contributed by atoms with E-state index in [-0.39, 0.29) is 25.0 Å². The van der Waals surface area contributed by atoms with Crippen molar-refractivity contribution in [2.45, 2.75) is 34.0 Å². The van der Waals surface area contributed by atoms with Crippen LogP contribution in [-0.4, -0.2) is 30.4 Å². The summed E-state index contributed by atoms with van der Waals surface area (Å²) in [6.45, 7) is 5.70. The van der Waals surface area contributed by atoms with Crippen molar-refractivity contribution in [2.24, 2.45) is 0 Å². The molecule has 2 aromatic heterocycles. The van der Waals surface area contributed by atoms with Gasteiger partial charge in [-0.1, -0.05) is 17.7 Å².